The Kier molecular flexibility index (Phi) is 5.96. The molecule has 1 fully saturated rings. The number of rotatable bonds is 5. The molecule has 0 spiro atoms. The van der Waals surface area contributed by atoms with Gasteiger partial charge in [-0.05, 0) is 41.5 Å². The molecule has 3 aliphatic heterocycles. The van der Waals surface area contributed by atoms with Crippen molar-refractivity contribution in [3.05, 3.63) is 101 Å². The van der Waals surface area contributed by atoms with E-state index in [2.05, 4.69) is 15.4 Å². The van der Waals surface area contributed by atoms with Gasteiger partial charge in [0.25, 0.3) is 17.7 Å². The number of carbonyl (C=O) groups is 3. The summed E-state index contributed by atoms with van der Waals surface area (Å²) < 4.78 is 13.8. The molecule has 3 aliphatic rings. The molecule has 38 heavy (non-hydrogen) atoms. The Balaban J connectivity index is 1.26. The third-order valence-electron chi connectivity index (χ3n) is 6.75. The number of halogens is 2. The largest absolute Gasteiger partial charge is 0.271 e. The molecule has 3 atom stereocenters. The van der Waals surface area contributed by atoms with E-state index < -0.39 is 35.6 Å². The molecule has 0 bridgehead atoms. The molecule has 0 radical (unpaired) electrons. The van der Waals surface area contributed by atoms with Crippen LogP contribution in [0, 0.1) is 5.82 Å². The maximum atomic E-state index is 13.8. The Bertz CT molecular complexity index is 1500. The average Bonchev–Trinajstić information content (AvgIpc) is 3.60. The summed E-state index contributed by atoms with van der Waals surface area (Å²) in [6.45, 7) is -0.318. The standard InChI is InChI=1S/C27H20ClFN6O3/c28-18-11-9-16(10-12-18)21-14-22(17-5-2-1-3-6-17)35(31-21)23(36)15-33-25-24(30-32-33)26(37)34(27(25)38)20-8-4-7-19(29)13-20/h1-13,22,24-25H,14-15H2/t22-,24-,25-/m1/s1. The lowest BCUT2D eigenvalue weighted by Crippen LogP contribution is -2.44. The maximum Gasteiger partial charge on any atom is 0.264 e. The van der Waals surface area contributed by atoms with Crippen LogP contribution in [-0.4, -0.2) is 52.1 Å². The minimum atomic E-state index is -1.10. The summed E-state index contributed by atoms with van der Waals surface area (Å²) in [4.78, 5) is 40.6. The molecule has 0 saturated carbocycles. The second-order valence-electron chi connectivity index (χ2n) is 9.11. The molecule has 3 heterocycles. The molecular formula is C27H20ClFN6O3. The van der Waals surface area contributed by atoms with E-state index >= 15 is 0 Å². The van der Waals surface area contributed by atoms with Crippen molar-refractivity contribution in [2.24, 2.45) is 15.4 Å². The molecule has 0 N–H and O–H groups in total. The van der Waals surface area contributed by atoms with Gasteiger partial charge in [-0.25, -0.2) is 14.3 Å². The number of hydrogen-bond acceptors (Lipinski definition) is 7. The van der Waals surface area contributed by atoms with Crippen LogP contribution in [0.5, 0.6) is 0 Å². The van der Waals surface area contributed by atoms with Crippen molar-refractivity contribution in [3.63, 3.8) is 0 Å². The number of benzene rings is 3. The molecule has 0 aromatic heterocycles. The van der Waals surface area contributed by atoms with Gasteiger partial charge in [0.15, 0.2) is 12.1 Å². The van der Waals surface area contributed by atoms with Crippen LogP contribution in [0.25, 0.3) is 0 Å². The van der Waals surface area contributed by atoms with Crippen LogP contribution >= 0.6 is 11.6 Å². The normalized spacial score (nSPS) is 22.3. The van der Waals surface area contributed by atoms with Crippen molar-refractivity contribution in [2.75, 3.05) is 11.4 Å². The smallest absolute Gasteiger partial charge is 0.264 e. The minimum absolute atomic E-state index is 0.108. The summed E-state index contributed by atoms with van der Waals surface area (Å²) in [7, 11) is 0. The highest BCUT2D eigenvalue weighted by molar-refractivity contribution is 6.30. The summed E-state index contributed by atoms with van der Waals surface area (Å²) in [5, 5.41) is 15.8. The molecule has 6 rings (SSSR count). The number of carbonyl (C=O) groups excluding carboxylic acids is 3. The van der Waals surface area contributed by atoms with E-state index in [1.807, 2.05) is 42.5 Å². The first-order valence-electron chi connectivity index (χ1n) is 11.9. The number of hydrogen-bond donors (Lipinski definition) is 0. The Labute approximate surface area is 221 Å². The van der Waals surface area contributed by atoms with Crippen LogP contribution in [0.2, 0.25) is 5.02 Å². The highest BCUT2D eigenvalue weighted by Crippen LogP contribution is 2.35. The Morgan fingerprint density at radius 3 is 2.47 bits per heavy atom. The summed E-state index contributed by atoms with van der Waals surface area (Å²) in [6, 6.07) is 19.4. The zero-order valence-electron chi connectivity index (χ0n) is 19.8. The van der Waals surface area contributed by atoms with Crippen molar-refractivity contribution in [1.29, 1.82) is 0 Å². The van der Waals surface area contributed by atoms with Gasteiger partial charge in [0, 0.05) is 11.4 Å². The maximum absolute atomic E-state index is 13.8. The monoisotopic (exact) mass is 530 g/mol. The molecule has 0 unspecified atom stereocenters. The van der Waals surface area contributed by atoms with E-state index in [0.29, 0.717) is 17.2 Å². The predicted molar refractivity (Wildman–Crippen MR) is 137 cm³/mol. The lowest BCUT2D eigenvalue weighted by Gasteiger charge is -2.25. The van der Waals surface area contributed by atoms with Crippen LogP contribution in [-0.2, 0) is 14.4 Å². The van der Waals surface area contributed by atoms with E-state index in [9.17, 15) is 18.8 Å². The van der Waals surface area contributed by atoms with Crippen LogP contribution in [0.4, 0.5) is 10.1 Å². The van der Waals surface area contributed by atoms with Gasteiger partial charge in [0.2, 0.25) is 0 Å². The van der Waals surface area contributed by atoms with E-state index in [1.165, 1.54) is 28.2 Å². The van der Waals surface area contributed by atoms with Gasteiger partial charge < -0.3 is 0 Å². The van der Waals surface area contributed by atoms with Crippen molar-refractivity contribution >= 4 is 40.7 Å². The second-order valence-corrected chi connectivity index (χ2v) is 9.54. The average molecular weight is 531 g/mol. The van der Waals surface area contributed by atoms with E-state index in [1.54, 1.807) is 12.1 Å². The SMILES string of the molecule is O=C1[C@@H]2N=NN(CC(=O)N3N=C(c4ccc(Cl)cc4)C[C@@H]3c3ccccc3)[C@H]2C(=O)N1c1cccc(F)c1. The highest BCUT2D eigenvalue weighted by Gasteiger charge is 2.55. The fraction of sp³-hybridized carbons (Fsp3) is 0.185. The molecule has 190 valence electrons. The predicted octanol–water partition coefficient (Wildman–Crippen LogP) is 4.15. The number of amides is 3. The van der Waals surface area contributed by atoms with Crippen molar-refractivity contribution in [1.82, 2.24) is 10.0 Å². The quantitative estimate of drug-likeness (QED) is 0.463. The third-order valence-corrected chi connectivity index (χ3v) is 7.00. The van der Waals surface area contributed by atoms with Gasteiger partial charge in [-0.1, -0.05) is 65.4 Å². The van der Waals surface area contributed by atoms with E-state index in [0.717, 1.165) is 22.1 Å². The topological polar surface area (TPSA) is 98.0 Å². The molecule has 0 aliphatic carbocycles. The van der Waals surface area contributed by atoms with Crippen molar-refractivity contribution in [2.45, 2.75) is 24.5 Å². The van der Waals surface area contributed by atoms with Gasteiger partial charge >= 0.3 is 0 Å². The van der Waals surface area contributed by atoms with Crippen LogP contribution in [0.1, 0.15) is 23.6 Å². The first-order valence-corrected chi connectivity index (χ1v) is 12.3. The van der Waals surface area contributed by atoms with Gasteiger partial charge in [-0.3, -0.25) is 19.4 Å². The molecule has 3 amide bonds. The van der Waals surface area contributed by atoms with Crippen molar-refractivity contribution < 1.29 is 18.8 Å². The summed E-state index contributed by atoms with van der Waals surface area (Å²) in [6.07, 6.45) is 0.482. The summed E-state index contributed by atoms with van der Waals surface area (Å²) in [5.41, 5.74) is 2.57. The third kappa shape index (κ3) is 4.12. The van der Waals surface area contributed by atoms with Gasteiger partial charge in [0.05, 0.1) is 17.4 Å². The number of nitrogens with zero attached hydrogens (tertiary/aromatic N) is 6. The molecule has 9 nitrogen and oxygen atoms in total. The number of imide groups is 1. The second kappa shape index (κ2) is 9.46. The number of hydrazone groups is 1. The molecule has 11 heteroatoms. The van der Waals surface area contributed by atoms with Crippen molar-refractivity contribution in [3.8, 4) is 0 Å². The Morgan fingerprint density at radius 1 is 0.974 bits per heavy atom. The fourth-order valence-corrected chi connectivity index (χ4v) is 5.05. The van der Waals surface area contributed by atoms with Crippen LogP contribution in [0.15, 0.2) is 94.3 Å². The number of anilines is 1. The van der Waals surface area contributed by atoms with Crippen LogP contribution in [0.3, 0.4) is 0 Å². The number of fused-ring (bicyclic) bond motifs is 1. The van der Waals surface area contributed by atoms with Gasteiger partial charge in [0.1, 0.15) is 12.4 Å². The minimum Gasteiger partial charge on any atom is -0.271 e. The van der Waals surface area contributed by atoms with E-state index in [4.69, 9.17) is 11.6 Å². The lowest BCUT2D eigenvalue weighted by atomic mass is 9.98. The summed E-state index contributed by atoms with van der Waals surface area (Å²) >= 11 is 6.04. The Hall–Kier alpha value is -4.44. The lowest BCUT2D eigenvalue weighted by molar-refractivity contribution is -0.135. The van der Waals surface area contributed by atoms with Gasteiger partial charge in [-0.2, -0.15) is 10.2 Å². The van der Waals surface area contributed by atoms with Crippen LogP contribution < -0.4 is 4.90 Å². The molecule has 1 saturated heterocycles. The highest BCUT2D eigenvalue weighted by atomic mass is 35.5. The first-order chi connectivity index (χ1) is 18.4. The summed E-state index contributed by atoms with van der Waals surface area (Å²) in [5.74, 6) is -2.22. The molecular weight excluding hydrogens is 511 g/mol. The first kappa shape index (κ1) is 23.9. The zero-order chi connectivity index (χ0) is 26.4. The molecule has 3 aromatic rings. The Morgan fingerprint density at radius 2 is 1.74 bits per heavy atom. The fourth-order valence-electron chi connectivity index (χ4n) is 4.93. The molecule has 3 aromatic carbocycles. The zero-order valence-corrected chi connectivity index (χ0v) is 20.6. The van der Waals surface area contributed by atoms with E-state index in [-0.39, 0.29) is 18.3 Å². The van der Waals surface area contributed by atoms with Gasteiger partial charge in [-0.15, -0.1) is 0 Å².